The summed E-state index contributed by atoms with van der Waals surface area (Å²) in [6.07, 6.45) is -2.16. The predicted octanol–water partition coefficient (Wildman–Crippen LogP) is 12.6. The molecule has 0 aromatic heterocycles. The van der Waals surface area contributed by atoms with Crippen LogP contribution in [0.4, 0.5) is 71.1 Å². The van der Waals surface area contributed by atoms with Crippen molar-refractivity contribution in [3.63, 3.8) is 0 Å². The zero-order chi connectivity index (χ0) is 66.8. The summed E-state index contributed by atoms with van der Waals surface area (Å²) in [4.78, 5) is 80.8. The maximum Gasteiger partial charge on any atom is 0.508 e. The van der Waals surface area contributed by atoms with Crippen LogP contribution in [0, 0.1) is 21.7 Å². The number of carbonyl (C=O) groups is 7. The number of benzene rings is 2. The third kappa shape index (κ3) is 21.3. The normalized spacial score (nSPS) is 15.6. The maximum absolute atomic E-state index is 14.2. The molecule has 3 atom stereocenters. The van der Waals surface area contributed by atoms with Gasteiger partial charge in [0.25, 0.3) is 0 Å². The van der Waals surface area contributed by atoms with E-state index in [4.69, 9.17) is 28.8 Å². The van der Waals surface area contributed by atoms with E-state index >= 15 is 0 Å². The highest BCUT2D eigenvalue weighted by Gasteiger charge is 2.90. The summed E-state index contributed by atoms with van der Waals surface area (Å²) in [6, 6.07) is 17.3. The first-order valence-corrected chi connectivity index (χ1v) is 27.0. The second kappa shape index (κ2) is 31.4. The van der Waals surface area contributed by atoms with Crippen molar-refractivity contribution in [2.75, 3.05) is 66.1 Å². The van der Waals surface area contributed by atoms with Crippen LogP contribution in [-0.2, 0) is 66.6 Å². The quantitative estimate of drug-likeness (QED) is 0.0362. The van der Waals surface area contributed by atoms with Crippen LogP contribution in [0.3, 0.4) is 0 Å². The van der Waals surface area contributed by atoms with Gasteiger partial charge in [0.2, 0.25) is 0 Å². The van der Waals surface area contributed by atoms with Gasteiger partial charge < -0.3 is 47.7 Å². The van der Waals surface area contributed by atoms with E-state index in [0.717, 1.165) is 26.3 Å². The summed E-state index contributed by atoms with van der Waals surface area (Å²) in [5, 5.41) is 8.07. The Labute approximate surface area is 500 Å². The number of hydrogen-bond acceptors (Lipinski definition) is 17. The molecule has 0 spiro atoms. The summed E-state index contributed by atoms with van der Waals surface area (Å²) < 4.78 is 233. The molecule has 1 aliphatic heterocycles. The average molecular weight is 1400 g/mol. The highest BCUT2D eigenvalue weighted by molar-refractivity contribution is 9.09. The number of alkyl halides is 16. The molecular weight excluding hydrogens is 1330 g/mol. The van der Waals surface area contributed by atoms with Crippen LogP contribution in [0.2, 0.25) is 0 Å². The Balaban J connectivity index is 0.000000711. The Kier molecular flexibility index (Phi) is 28.6. The van der Waals surface area contributed by atoms with E-state index in [2.05, 4.69) is 50.8 Å². The van der Waals surface area contributed by atoms with Gasteiger partial charge in [0.15, 0.2) is 19.8 Å². The SMILES string of the molecule is CC(C)(CC(Br)c1ccccc1)C(=O)OCC(F)(F)C(F)(F)C(F)(F)C(F)(F)C(F)(F)C(F)(F)CO.CCOC(=O)C(C)(COC(C)=O)COC(=O)OCC(F)(F)COC(=O)C(C)(C)CC(Br)c1ccccc1.CCOC(=O)C1(C)COC(=O)OC1. The van der Waals surface area contributed by atoms with Gasteiger partial charge in [-0.25, -0.2) is 9.59 Å². The first kappa shape index (κ1) is 78.3. The molecule has 3 rings (SSSR count). The minimum absolute atomic E-state index is 0.0171. The molecule has 2 aromatic rings. The van der Waals surface area contributed by atoms with Gasteiger partial charge in [-0.3, -0.25) is 24.0 Å². The number of hydrogen-bond donors (Lipinski definition) is 1. The van der Waals surface area contributed by atoms with Crippen molar-refractivity contribution in [3.8, 4) is 0 Å². The molecule has 1 saturated heterocycles. The van der Waals surface area contributed by atoms with E-state index in [1.54, 1.807) is 65.0 Å². The topological polar surface area (TPSA) is 223 Å². The van der Waals surface area contributed by atoms with Crippen LogP contribution >= 0.6 is 31.9 Å². The Morgan fingerprint density at radius 3 is 1.30 bits per heavy atom. The number of esters is 5. The molecule has 1 heterocycles. The molecular formula is C53H64Br2F14O17. The number of halogens is 16. The Morgan fingerprint density at radius 2 is 0.907 bits per heavy atom. The summed E-state index contributed by atoms with van der Waals surface area (Å²) in [6.45, 7) is 3.01. The molecule has 0 saturated carbocycles. The highest BCUT2D eigenvalue weighted by Crippen LogP contribution is 2.60. The van der Waals surface area contributed by atoms with Crippen LogP contribution in [0.1, 0.15) is 95.9 Å². The maximum atomic E-state index is 14.2. The fraction of sp³-hybridized carbons (Fsp3) is 0.642. The largest absolute Gasteiger partial charge is 0.508 e. The minimum atomic E-state index is -7.80. The summed E-state index contributed by atoms with van der Waals surface area (Å²) in [5.74, 6) is -51.3. The lowest BCUT2D eigenvalue weighted by Gasteiger charge is -2.41. The number of aliphatic hydroxyl groups excluding tert-OH is 1. The van der Waals surface area contributed by atoms with Crippen molar-refractivity contribution in [2.24, 2.45) is 21.7 Å². The third-order valence-corrected chi connectivity index (χ3v) is 13.7. The van der Waals surface area contributed by atoms with Crippen LogP contribution in [-0.4, -0.2) is 155 Å². The lowest BCUT2D eigenvalue weighted by molar-refractivity contribution is -0.428. The predicted molar refractivity (Wildman–Crippen MR) is 277 cm³/mol. The first-order valence-electron chi connectivity index (χ1n) is 25.2. The molecule has 0 amide bonds. The van der Waals surface area contributed by atoms with E-state index in [1.807, 2.05) is 30.3 Å². The Morgan fingerprint density at radius 1 is 0.535 bits per heavy atom. The van der Waals surface area contributed by atoms with Gasteiger partial charge in [0.05, 0.1) is 24.0 Å². The molecule has 17 nitrogen and oxygen atoms in total. The summed E-state index contributed by atoms with van der Waals surface area (Å²) >= 11 is 6.70. The van der Waals surface area contributed by atoms with Gasteiger partial charge in [-0.05, 0) is 79.4 Å². The van der Waals surface area contributed by atoms with Gasteiger partial charge in [-0.2, -0.15) is 61.5 Å². The van der Waals surface area contributed by atoms with Gasteiger partial charge in [0, 0.05) is 16.6 Å². The molecule has 490 valence electrons. The third-order valence-electron chi connectivity index (χ3n) is 12.0. The molecule has 1 fully saturated rings. The second-order valence-electron chi connectivity index (χ2n) is 20.8. The number of ether oxygens (including phenoxy) is 9. The molecule has 33 heteroatoms. The monoisotopic (exact) mass is 1400 g/mol. The van der Waals surface area contributed by atoms with Crippen molar-refractivity contribution in [1.82, 2.24) is 0 Å². The number of carbonyl (C=O) groups excluding carboxylic acids is 7. The van der Waals surface area contributed by atoms with E-state index in [9.17, 15) is 95.0 Å². The molecule has 0 aliphatic carbocycles. The van der Waals surface area contributed by atoms with Crippen molar-refractivity contribution in [1.29, 1.82) is 0 Å². The summed E-state index contributed by atoms with van der Waals surface area (Å²) in [5.41, 5.74) is -3.76. The second-order valence-corrected chi connectivity index (χ2v) is 23.0. The minimum Gasteiger partial charge on any atom is -0.465 e. The fourth-order valence-electron chi connectivity index (χ4n) is 6.52. The van der Waals surface area contributed by atoms with Gasteiger partial charge in [0.1, 0.15) is 43.9 Å². The van der Waals surface area contributed by atoms with Gasteiger partial charge in [-0.15, -0.1) is 0 Å². The first-order chi connectivity index (χ1) is 39.1. The Bertz CT molecular complexity index is 2550. The average Bonchev–Trinajstić information content (AvgIpc) is 0.791. The lowest BCUT2D eigenvalue weighted by atomic mass is 9.86. The molecule has 86 heavy (non-hydrogen) atoms. The molecule has 0 bridgehead atoms. The van der Waals surface area contributed by atoms with Crippen molar-refractivity contribution >= 4 is 74.0 Å². The molecule has 1 N–H and O–H groups in total. The van der Waals surface area contributed by atoms with Crippen LogP contribution < -0.4 is 0 Å². The van der Waals surface area contributed by atoms with E-state index in [1.165, 1.54) is 6.92 Å². The molecule has 2 aromatic carbocycles. The van der Waals surface area contributed by atoms with E-state index < -0.39 is 150 Å². The lowest BCUT2D eigenvalue weighted by Crippen LogP contribution is -2.71. The fourth-order valence-corrected chi connectivity index (χ4v) is 8.75. The standard InChI is InChI=1S/C25H33BrF2O9.C20H19BrF12O3.C8H12O5/c1-6-33-21(31)24(5,13-34-17(2)29)14-36-22(32)37-16-25(27,28)15-35-20(30)23(3,4)12-19(26)18-10-8-7-9-11-18;1-14(2,8-12(21)11-6-4-3-5-7-11)13(35)36-10-16(24,25)18(28,29)20(32,33)19(30,31)17(26,27)15(22,23)9-34;1-3-11-6(9)8(2)4-12-7(10)13-5-8/h7-11,19H,6,12-16H2,1-5H3;3-7,12,34H,8-10H2,1-2H3;3-5H2,1-2H3. The number of rotatable bonds is 28. The molecule has 1 aliphatic rings. The van der Waals surface area contributed by atoms with E-state index in [-0.39, 0.29) is 37.5 Å². The zero-order valence-corrected chi connectivity index (χ0v) is 50.6. The molecule has 0 radical (unpaired) electrons. The smallest absolute Gasteiger partial charge is 0.465 e. The van der Waals surface area contributed by atoms with Crippen LogP contribution in [0.15, 0.2) is 60.7 Å². The number of aliphatic hydroxyl groups is 1. The van der Waals surface area contributed by atoms with Crippen molar-refractivity contribution < 1.29 is 143 Å². The van der Waals surface area contributed by atoms with Crippen LogP contribution in [0.25, 0.3) is 0 Å². The number of cyclic esters (lactones) is 2. The zero-order valence-electron chi connectivity index (χ0n) is 47.4. The Hall–Kier alpha value is -5.73. The highest BCUT2D eigenvalue weighted by atomic mass is 79.9. The van der Waals surface area contributed by atoms with E-state index in [0.29, 0.717) is 12.2 Å². The summed E-state index contributed by atoms with van der Waals surface area (Å²) in [7, 11) is 0. The van der Waals surface area contributed by atoms with Crippen LogP contribution in [0.5, 0.6) is 0 Å². The molecule has 3 unspecified atom stereocenters. The van der Waals surface area contributed by atoms with Gasteiger partial charge in [-0.1, -0.05) is 92.5 Å². The van der Waals surface area contributed by atoms with Gasteiger partial charge >= 0.3 is 83.6 Å². The van der Waals surface area contributed by atoms with Crippen molar-refractivity contribution in [3.05, 3.63) is 71.8 Å². The van der Waals surface area contributed by atoms with Crippen molar-refractivity contribution in [2.45, 2.75) is 126 Å².